The van der Waals surface area contributed by atoms with Crippen LogP contribution in [0.2, 0.25) is 0 Å². The van der Waals surface area contributed by atoms with Gasteiger partial charge in [0.05, 0.1) is 0 Å². The van der Waals surface area contributed by atoms with Crippen molar-refractivity contribution in [2.45, 2.75) is 45.4 Å². The van der Waals surface area contributed by atoms with Crippen molar-refractivity contribution >= 4 is 37.7 Å². The predicted molar refractivity (Wildman–Crippen MR) is 68.5 cm³/mol. The number of unbranched alkanes of at least 4 members (excludes halogenated alkanes) is 4. The first-order chi connectivity index (χ1) is 6.84. The molecule has 0 saturated heterocycles. The smallest absolute Gasteiger partial charge is 1.00 e. The van der Waals surface area contributed by atoms with E-state index in [1.54, 1.807) is 6.07 Å². The molecule has 0 heterocycles. The zero-order valence-corrected chi connectivity index (χ0v) is 11.9. The topological polar surface area (TPSA) is 20.2 Å². The van der Waals surface area contributed by atoms with Crippen LogP contribution in [0.5, 0.6) is 5.75 Å². The Balaban J connectivity index is -0.000000653. The molecule has 15 heavy (non-hydrogen) atoms. The Bertz CT molecular complexity index is 269. The Hall–Kier alpha value is 0.280. The Morgan fingerprint density at radius 1 is 1.07 bits per heavy atom. The van der Waals surface area contributed by atoms with Crippen LogP contribution in [0.3, 0.4) is 0 Å². The van der Waals surface area contributed by atoms with Crippen LogP contribution in [-0.2, 0) is 6.42 Å². The Kier molecular flexibility index (Phi) is 9.68. The minimum atomic E-state index is 0. The summed E-state index contributed by atoms with van der Waals surface area (Å²) in [5.41, 5.74) is 1.09. The first kappa shape index (κ1) is 15.3. The maximum Gasteiger partial charge on any atom is 2.00 e. The number of para-hydroxylation sites is 1. The van der Waals surface area contributed by atoms with E-state index in [9.17, 15) is 5.11 Å². The van der Waals surface area contributed by atoms with Crippen molar-refractivity contribution in [2.75, 3.05) is 0 Å². The minimum Gasteiger partial charge on any atom is -1.00 e. The molecule has 1 rings (SSSR count). The molecule has 0 spiro atoms. The van der Waals surface area contributed by atoms with E-state index in [1.165, 1.54) is 32.1 Å². The number of hydrogen-bond acceptors (Lipinski definition) is 1. The van der Waals surface area contributed by atoms with Gasteiger partial charge in [-0.25, -0.2) is 0 Å². The second-order valence-electron chi connectivity index (χ2n) is 3.79. The fourth-order valence-corrected chi connectivity index (χ4v) is 1.64. The van der Waals surface area contributed by atoms with Crippen molar-refractivity contribution in [1.82, 2.24) is 0 Å². The van der Waals surface area contributed by atoms with E-state index in [2.05, 4.69) is 6.92 Å². The molecule has 0 fully saturated rings. The summed E-state index contributed by atoms with van der Waals surface area (Å²) >= 11 is 0. The molecule has 1 aromatic rings. The quantitative estimate of drug-likeness (QED) is 0.587. The molecule has 1 N–H and O–H groups in total. The standard InChI is InChI=1S/C13H20O.Ca.2H/c1-2-3-4-5-6-9-12-10-7-8-11-13(12)14;;;/h7-8,10-11,14H,2-6,9H2,1H3;;;/q;+2;2*-1. The van der Waals surface area contributed by atoms with Gasteiger partial charge in [-0.1, -0.05) is 50.8 Å². The van der Waals surface area contributed by atoms with E-state index >= 15 is 0 Å². The number of rotatable bonds is 6. The summed E-state index contributed by atoms with van der Waals surface area (Å²) in [4.78, 5) is 0. The van der Waals surface area contributed by atoms with E-state index in [-0.39, 0.29) is 40.6 Å². The van der Waals surface area contributed by atoms with Gasteiger partial charge in [0.15, 0.2) is 0 Å². The van der Waals surface area contributed by atoms with Crippen molar-refractivity contribution in [3.8, 4) is 5.75 Å². The van der Waals surface area contributed by atoms with Crippen LogP contribution in [0.1, 0.15) is 47.4 Å². The number of phenols is 1. The Morgan fingerprint density at radius 2 is 1.73 bits per heavy atom. The third-order valence-electron chi connectivity index (χ3n) is 2.54. The maximum atomic E-state index is 9.51. The number of aromatic hydroxyl groups is 1. The molecule has 0 atom stereocenters. The van der Waals surface area contributed by atoms with Crippen LogP contribution in [-0.4, -0.2) is 42.8 Å². The number of aryl methyl sites for hydroxylation is 1. The van der Waals surface area contributed by atoms with Gasteiger partial charge in [0.1, 0.15) is 5.75 Å². The molecule has 0 unspecified atom stereocenters. The molecule has 1 nitrogen and oxygen atoms in total. The van der Waals surface area contributed by atoms with Gasteiger partial charge in [0, 0.05) is 0 Å². The molecule has 2 heteroatoms. The SMILES string of the molecule is CCCCCCCc1ccccc1O.[Ca+2].[H-].[H-]. The van der Waals surface area contributed by atoms with Gasteiger partial charge in [-0.15, -0.1) is 0 Å². The second kappa shape index (κ2) is 9.50. The molecule has 0 aliphatic heterocycles. The zero-order valence-electron chi connectivity index (χ0n) is 11.7. The monoisotopic (exact) mass is 234 g/mol. The van der Waals surface area contributed by atoms with Gasteiger partial charge in [0.25, 0.3) is 0 Å². The molecular weight excluding hydrogens is 212 g/mol. The van der Waals surface area contributed by atoms with E-state index < -0.39 is 0 Å². The first-order valence-corrected chi connectivity index (χ1v) is 5.61. The van der Waals surface area contributed by atoms with Crippen LogP contribution >= 0.6 is 0 Å². The van der Waals surface area contributed by atoms with Crippen molar-refractivity contribution in [2.24, 2.45) is 0 Å². The van der Waals surface area contributed by atoms with Crippen molar-refractivity contribution in [1.29, 1.82) is 0 Å². The van der Waals surface area contributed by atoms with E-state index in [0.29, 0.717) is 5.75 Å². The van der Waals surface area contributed by atoms with Crippen LogP contribution in [0.25, 0.3) is 0 Å². The van der Waals surface area contributed by atoms with Gasteiger partial charge in [-0.05, 0) is 24.5 Å². The molecule has 0 aromatic heterocycles. The van der Waals surface area contributed by atoms with E-state index in [4.69, 9.17) is 0 Å². The summed E-state index contributed by atoms with van der Waals surface area (Å²) in [5.74, 6) is 0.447. The fraction of sp³-hybridized carbons (Fsp3) is 0.538. The summed E-state index contributed by atoms with van der Waals surface area (Å²) in [7, 11) is 0. The van der Waals surface area contributed by atoms with Crippen molar-refractivity contribution in [3.05, 3.63) is 29.8 Å². The largest absolute Gasteiger partial charge is 2.00 e. The molecule has 0 amide bonds. The number of hydrogen-bond donors (Lipinski definition) is 1. The van der Waals surface area contributed by atoms with E-state index in [1.807, 2.05) is 18.2 Å². The number of phenolic OH excluding ortho intramolecular Hbond substituents is 1. The molecule has 0 aliphatic rings. The van der Waals surface area contributed by atoms with Crippen LogP contribution in [0.15, 0.2) is 24.3 Å². The summed E-state index contributed by atoms with van der Waals surface area (Å²) < 4.78 is 0. The van der Waals surface area contributed by atoms with Crippen LogP contribution in [0.4, 0.5) is 0 Å². The third-order valence-corrected chi connectivity index (χ3v) is 2.54. The molecule has 82 valence electrons. The van der Waals surface area contributed by atoms with Gasteiger partial charge in [-0.2, -0.15) is 0 Å². The second-order valence-corrected chi connectivity index (χ2v) is 3.79. The molecule has 1 aromatic carbocycles. The summed E-state index contributed by atoms with van der Waals surface area (Å²) in [5, 5.41) is 9.51. The minimum absolute atomic E-state index is 0. The average Bonchev–Trinajstić information content (AvgIpc) is 2.20. The van der Waals surface area contributed by atoms with Gasteiger partial charge < -0.3 is 7.96 Å². The summed E-state index contributed by atoms with van der Waals surface area (Å²) in [6, 6.07) is 7.63. The molecule has 0 aliphatic carbocycles. The molecule has 0 saturated carbocycles. The fourth-order valence-electron chi connectivity index (χ4n) is 1.64. The average molecular weight is 234 g/mol. The predicted octanol–water partition coefficient (Wildman–Crippen LogP) is 3.75. The molecule has 0 bridgehead atoms. The van der Waals surface area contributed by atoms with E-state index in [0.717, 1.165) is 12.0 Å². The third kappa shape index (κ3) is 6.44. The normalized spacial score (nSPS) is 9.67. The van der Waals surface area contributed by atoms with Gasteiger partial charge in [-0.3, -0.25) is 0 Å². The zero-order chi connectivity index (χ0) is 10.2. The molecular formula is C13H22CaO. The molecule has 0 radical (unpaired) electrons. The van der Waals surface area contributed by atoms with Crippen LogP contribution < -0.4 is 0 Å². The summed E-state index contributed by atoms with van der Waals surface area (Å²) in [6.07, 6.45) is 7.43. The Labute approximate surface area is 126 Å². The maximum absolute atomic E-state index is 9.51. The number of benzene rings is 1. The Morgan fingerprint density at radius 3 is 2.40 bits per heavy atom. The van der Waals surface area contributed by atoms with Crippen molar-refractivity contribution < 1.29 is 7.96 Å². The van der Waals surface area contributed by atoms with Crippen molar-refractivity contribution in [3.63, 3.8) is 0 Å². The van der Waals surface area contributed by atoms with Gasteiger partial charge in [0.2, 0.25) is 0 Å². The van der Waals surface area contributed by atoms with Gasteiger partial charge >= 0.3 is 37.7 Å². The van der Waals surface area contributed by atoms with Crippen LogP contribution in [0, 0.1) is 0 Å². The first-order valence-electron chi connectivity index (χ1n) is 5.61. The summed E-state index contributed by atoms with van der Waals surface area (Å²) in [6.45, 7) is 2.23.